The van der Waals surface area contributed by atoms with Crippen LogP contribution in [0, 0.1) is 0 Å². The Morgan fingerprint density at radius 1 is 0.943 bits per heavy atom. The van der Waals surface area contributed by atoms with Crippen molar-refractivity contribution in [2.24, 2.45) is 0 Å². The van der Waals surface area contributed by atoms with Gasteiger partial charge in [0.25, 0.3) is 0 Å². The molecule has 200 valence electrons. The molecule has 0 saturated carbocycles. The Kier molecular flexibility index (Phi) is 13.8. The molecule has 3 aliphatic heterocycles. The standard InChI is InChI=1S/C25H38N4O3.2ClH.H2O/c1-2-3-19-32-23-11-5-4-9-21(23)27-17-15-26(16-18-27)12-8-13-28-20-24(30)29-14-7-6-10-22(29)25(28)31;;;/h4-5,9,11,22H,2-3,6-8,10,12-20H2,1H3;2*1H;1H2. The van der Waals surface area contributed by atoms with E-state index in [4.69, 9.17) is 4.74 Å². The molecule has 35 heavy (non-hydrogen) atoms. The van der Waals surface area contributed by atoms with E-state index in [-0.39, 0.29) is 54.7 Å². The number of halogens is 2. The fraction of sp³-hybridized carbons (Fsp3) is 0.680. The minimum atomic E-state index is -0.201. The Bertz CT molecular complexity index is 792. The van der Waals surface area contributed by atoms with Gasteiger partial charge >= 0.3 is 0 Å². The molecule has 10 heteroatoms. The van der Waals surface area contributed by atoms with Crippen molar-refractivity contribution in [3.05, 3.63) is 24.3 Å². The van der Waals surface area contributed by atoms with Gasteiger partial charge in [0, 0.05) is 39.3 Å². The summed E-state index contributed by atoms with van der Waals surface area (Å²) in [7, 11) is 0. The molecular formula is C25H42Cl2N4O4. The number of rotatable bonds is 9. The van der Waals surface area contributed by atoms with E-state index in [2.05, 4.69) is 34.9 Å². The van der Waals surface area contributed by atoms with Crippen LogP contribution >= 0.6 is 24.8 Å². The molecule has 1 aromatic carbocycles. The summed E-state index contributed by atoms with van der Waals surface area (Å²) in [6.07, 6.45) is 6.03. The predicted molar refractivity (Wildman–Crippen MR) is 144 cm³/mol. The van der Waals surface area contributed by atoms with Gasteiger partial charge in [-0.25, -0.2) is 0 Å². The van der Waals surface area contributed by atoms with Crippen molar-refractivity contribution >= 4 is 42.3 Å². The third-order valence-electron chi connectivity index (χ3n) is 6.98. The summed E-state index contributed by atoms with van der Waals surface area (Å²) in [5, 5.41) is 0. The van der Waals surface area contributed by atoms with Gasteiger partial charge in [-0.05, 0) is 50.8 Å². The van der Waals surface area contributed by atoms with Crippen LogP contribution in [0.5, 0.6) is 5.75 Å². The Balaban J connectivity index is 0.00000204. The minimum Gasteiger partial charge on any atom is -0.491 e. The van der Waals surface area contributed by atoms with Gasteiger partial charge in [-0.2, -0.15) is 0 Å². The van der Waals surface area contributed by atoms with Crippen LogP contribution in [0.25, 0.3) is 0 Å². The highest BCUT2D eigenvalue weighted by Gasteiger charge is 2.40. The first-order chi connectivity index (χ1) is 15.7. The van der Waals surface area contributed by atoms with E-state index in [0.29, 0.717) is 6.54 Å². The van der Waals surface area contributed by atoms with Gasteiger partial charge in [-0.1, -0.05) is 25.5 Å². The fourth-order valence-electron chi connectivity index (χ4n) is 5.08. The highest BCUT2D eigenvalue weighted by atomic mass is 35.5. The molecule has 0 aromatic heterocycles. The van der Waals surface area contributed by atoms with Gasteiger partial charge in [-0.3, -0.25) is 14.5 Å². The van der Waals surface area contributed by atoms with Gasteiger partial charge in [-0.15, -0.1) is 24.8 Å². The van der Waals surface area contributed by atoms with Crippen LogP contribution in [-0.2, 0) is 9.59 Å². The molecule has 2 N–H and O–H groups in total. The number of carbonyl (C=O) groups excluding carboxylic acids is 2. The number of piperazine rings is 2. The van der Waals surface area contributed by atoms with Gasteiger partial charge < -0.3 is 24.9 Å². The summed E-state index contributed by atoms with van der Waals surface area (Å²) in [5.74, 6) is 1.27. The molecule has 3 fully saturated rings. The average molecular weight is 534 g/mol. The molecule has 8 nitrogen and oxygen atoms in total. The van der Waals surface area contributed by atoms with Crippen molar-refractivity contribution in [2.75, 3.05) is 63.9 Å². The summed E-state index contributed by atoms with van der Waals surface area (Å²) >= 11 is 0. The molecule has 0 bridgehead atoms. The second-order valence-electron chi connectivity index (χ2n) is 9.21. The quantitative estimate of drug-likeness (QED) is 0.456. The number of unbranched alkanes of at least 4 members (excludes halogenated alkanes) is 1. The van der Waals surface area contributed by atoms with Crippen LogP contribution in [0.15, 0.2) is 24.3 Å². The lowest BCUT2D eigenvalue weighted by atomic mass is 9.98. The normalized spacial score (nSPS) is 20.4. The summed E-state index contributed by atoms with van der Waals surface area (Å²) < 4.78 is 6.02. The lowest BCUT2D eigenvalue weighted by Crippen LogP contribution is -2.61. The van der Waals surface area contributed by atoms with Gasteiger partial charge in [0.1, 0.15) is 11.8 Å². The number of ether oxygens (including phenoxy) is 1. The molecule has 1 unspecified atom stereocenters. The molecule has 1 atom stereocenters. The minimum absolute atomic E-state index is 0. The first kappa shape index (κ1) is 31.3. The van der Waals surface area contributed by atoms with E-state index in [1.807, 2.05) is 11.0 Å². The van der Waals surface area contributed by atoms with E-state index in [1.165, 1.54) is 5.69 Å². The summed E-state index contributed by atoms with van der Waals surface area (Å²) in [6, 6.07) is 8.15. The van der Waals surface area contributed by atoms with Crippen molar-refractivity contribution in [3.63, 3.8) is 0 Å². The van der Waals surface area contributed by atoms with Crippen LogP contribution in [0.1, 0.15) is 45.4 Å². The Labute approximate surface area is 222 Å². The van der Waals surface area contributed by atoms with E-state index in [1.54, 1.807) is 4.90 Å². The zero-order valence-corrected chi connectivity index (χ0v) is 22.5. The fourth-order valence-corrected chi connectivity index (χ4v) is 5.08. The molecule has 0 aliphatic carbocycles. The number of carbonyl (C=O) groups is 2. The van der Waals surface area contributed by atoms with Crippen molar-refractivity contribution < 1.29 is 19.8 Å². The number of amides is 2. The Hall–Kier alpha value is -1.74. The molecule has 2 amide bonds. The number of piperidine rings is 1. The van der Waals surface area contributed by atoms with Crippen molar-refractivity contribution in [1.29, 1.82) is 0 Å². The van der Waals surface area contributed by atoms with Crippen LogP contribution in [0.4, 0.5) is 5.69 Å². The zero-order chi connectivity index (χ0) is 22.3. The first-order valence-electron chi connectivity index (χ1n) is 12.4. The Morgan fingerprint density at radius 3 is 2.43 bits per heavy atom. The van der Waals surface area contributed by atoms with E-state index >= 15 is 0 Å². The second-order valence-corrected chi connectivity index (χ2v) is 9.21. The van der Waals surface area contributed by atoms with Gasteiger partial charge in [0.15, 0.2) is 0 Å². The number of hydrogen-bond acceptors (Lipinski definition) is 5. The molecule has 1 aromatic rings. The maximum absolute atomic E-state index is 12.8. The summed E-state index contributed by atoms with van der Waals surface area (Å²) in [5.41, 5.74) is 1.19. The maximum Gasteiger partial charge on any atom is 0.245 e. The van der Waals surface area contributed by atoms with Crippen LogP contribution in [0.2, 0.25) is 0 Å². The van der Waals surface area contributed by atoms with Crippen LogP contribution in [0.3, 0.4) is 0 Å². The number of hydrogen-bond donors (Lipinski definition) is 0. The first-order valence-corrected chi connectivity index (χ1v) is 12.4. The zero-order valence-electron chi connectivity index (χ0n) is 20.8. The topological polar surface area (TPSA) is 87.8 Å². The summed E-state index contributed by atoms with van der Waals surface area (Å²) in [4.78, 5) is 33.8. The number of nitrogens with zero attached hydrogens (tertiary/aromatic N) is 4. The molecular weight excluding hydrogens is 491 g/mol. The molecule has 0 radical (unpaired) electrons. The number of benzene rings is 1. The van der Waals surface area contributed by atoms with Crippen molar-refractivity contribution in [2.45, 2.75) is 51.5 Å². The van der Waals surface area contributed by atoms with Gasteiger partial charge in [0.2, 0.25) is 11.8 Å². The lowest BCUT2D eigenvalue weighted by molar-refractivity contribution is -0.157. The monoisotopic (exact) mass is 532 g/mol. The maximum atomic E-state index is 12.8. The molecule has 3 aliphatic rings. The summed E-state index contributed by atoms with van der Waals surface area (Å²) in [6.45, 7) is 9.58. The van der Waals surface area contributed by atoms with E-state index in [9.17, 15) is 9.59 Å². The van der Waals surface area contributed by atoms with Crippen LogP contribution in [-0.4, -0.2) is 97.0 Å². The third kappa shape index (κ3) is 7.87. The molecule has 3 saturated heterocycles. The lowest BCUT2D eigenvalue weighted by Gasteiger charge is -2.43. The predicted octanol–water partition coefficient (Wildman–Crippen LogP) is 2.62. The Morgan fingerprint density at radius 2 is 1.69 bits per heavy atom. The third-order valence-corrected chi connectivity index (χ3v) is 6.98. The number of fused-ring (bicyclic) bond motifs is 1. The van der Waals surface area contributed by atoms with Crippen molar-refractivity contribution in [1.82, 2.24) is 14.7 Å². The van der Waals surface area contributed by atoms with Crippen molar-refractivity contribution in [3.8, 4) is 5.75 Å². The second kappa shape index (κ2) is 15.4. The van der Waals surface area contributed by atoms with Gasteiger partial charge in [0.05, 0.1) is 18.8 Å². The number of para-hydroxylation sites is 2. The highest BCUT2D eigenvalue weighted by molar-refractivity contribution is 5.95. The number of anilines is 1. The smallest absolute Gasteiger partial charge is 0.245 e. The molecule has 4 rings (SSSR count). The molecule has 3 heterocycles. The largest absolute Gasteiger partial charge is 0.491 e. The average Bonchev–Trinajstić information content (AvgIpc) is 2.83. The van der Waals surface area contributed by atoms with Crippen LogP contribution < -0.4 is 9.64 Å². The van der Waals surface area contributed by atoms with E-state index < -0.39 is 0 Å². The molecule has 0 spiro atoms. The SMILES string of the molecule is CCCCOc1ccccc1N1CCN(CCCN2CC(=O)N3CCCCC3C2=O)CC1.Cl.Cl.O. The highest BCUT2D eigenvalue weighted by Crippen LogP contribution is 2.29. The van der Waals surface area contributed by atoms with E-state index in [0.717, 1.165) is 90.1 Å².